The van der Waals surface area contributed by atoms with Gasteiger partial charge in [-0.2, -0.15) is 0 Å². The largest absolute Gasteiger partial charge is 0.493 e. The van der Waals surface area contributed by atoms with Crippen molar-refractivity contribution < 1.29 is 52.3 Å². The molecule has 5 aromatic carbocycles. The summed E-state index contributed by atoms with van der Waals surface area (Å²) in [4.78, 5) is 52.2. The van der Waals surface area contributed by atoms with Gasteiger partial charge >= 0.3 is 0 Å². The highest BCUT2D eigenvalue weighted by molar-refractivity contribution is 6.15. The van der Waals surface area contributed by atoms with E-state index in [1.165, 1.54) is 6.92 Å². The van der Waals surface area contributed by atoms with Crippen LogP contribution in [0.4, 0.5) is 22.7 Å². The molecule has 5 aromatic rings. The molecule has 0 saturated carbocycles. The summed E-state index contributed by atoms with van der Waals surface area (Å²) in [6.45, 7) is 4.31. The zero-order chi connectivity index (χ0) is 46.3. The lowest BCUT2D eigenvalue weighted by Gasteiger charge is -2.22. The maximum Gasteiger partial charge on any atom is 0.261 e. The summed E-state index contributed by atoms with van der Waals surface area (Å²) in [6, 6.07) is 28.0. The van der Waals surface area contributed by atoms with Gasteiger partial charge in [-0.05, 0) is 71.6 Å². The molecular formula is C52H52N4O11. The number of hydrogen-bond acceptors (Lipinski definition) is 13. The maximum absolute atomic E-state index is 14.0. The zero-order valence-electron chi connectivity index (χ0n) is 37.7. The summed E-state index contributed by atoms with van der Waals surface area (Å²) in [5.74, 6) is 1.99. The van der Waals surface area contributed by atoms with Gasteiger partial charge in [-0.15, -0.1) is 0 Å². The van der Waals surface area contributed by atoms with Gasteiger partial charge < -0.3 is 37.9 Å². The molecule has 67 heavy (non-hydrogen) atoms. The van der Waals surface area contributed by atoms with Crippen LogP contribution in [-0.4, -0.2) is 103 Å². The van der Waals surface area contributed by atoms with E-state index >= 15 is 0 Å². The van der Waals surface area contributed by atoms with Gasteiger partial charge in [0, 0.05) is 55.2 Å². The summed E-state index contributed by atoms with van der Waals surface area (Å²) >= 11 is 0. The molecule has 346 valence electrons. The molecule has 0 unspecified atom stereocenters. The minimum absolute atomic E-state index is 0.0919. The Kier molecular flexibility index (Phi) is 13.9. The highest BCUT2D eigenvalue weighted by Crippen LogP contribution is 2.43. The molecule has 0 aromatic heterocycles. The fourth-order valence-corrected chi connectivity index (χ4v) is 8.65. The monoisotopic (exact) mass is 908 g/mol. The number of amides is 2. The van der Waals surface area contributed by atoms with Crippen molar-refractivity contribution in [1.82, 2.24) is 0 Å². The van der Waals surface area contributed by atoms with Gasteiger partial charge in [0.1, 0.15) is 31.4 Å². The predicted octanol–water partition coefficient (Wildman–Crippen LogP) is 7.84. The Balaban J connectivity index is 0.897. The molecule has 0 radical (unpaired) electrons. The van der Waals surface area contributed by atoms with Crippen molar-refractivity contribution in [1.29, 1.82) is 0 Å². The van der Waals surface area contributed by atoms with Gasteiger partial charge in [-0.1, -0.05) is 36.4 Å². The topological polar surface area (TPSA) is 156 Å². The van der Waals surface area contributed by atoms with E-state index in [0.29, 0.717) is 110 Å². The zero-order valence-corrected chi connectivity index (χ0v) is 37.7. The molecule has 0 fully saturated rings. The fourth-order valence-electron chi connectivity index (χ4n) is 8.65. The number of ether oxygens (including phenoxy) is 8. The molecule has 0 spiro atoms. The van der Waals surface area contributed by atoms with E-state index in [0.717, 1.165) is 33.6 Å². The van der Waals surface area contributed by atoms with Crippen LogP contribution in [0.15, 0.2) is 101 Å². The predicted molar refractivity (Wildman–Crippen MR) is 252 cm³/mol. The lowest BCUT2D eigenvalue weighted by molar-refractivity contribution is -0.118. The second-order valence-electron chi connectivity index (χ2n) is 16.4. The van der Waals surface area contributed by atoms with Crippen molar-refractivity contribution >= 4 is 52.8 Å². The van der Waals surface area contributed by atoms with Crippen LogP contribution in [0.1, 0.15) is 56.3 Å². The van der Waals surface area contributed by atoms with E-state index < -0.39 is 0 Å². The van der Waals surface area contributed by atoms with Crippen molar-refractivity contribution in [2.75, 3.05) is 70.3 Å². The number of aliphatic imine (C=N–C) groups is 2. The van der Waals surface area contributed by atoms with Crippen LogP contribution >= 0.6 is 0 Å². The number of carbonyl (C=O) groups excluding carboxylic acids is 3. The highest BCUT2D eigenvalue weighted by Gasteiger charge is 2.38. The number of anilines is 2. The second-order valence-corrected chi connectivity index (χ2v) is 16.4. The van der Waals surface area contributed by atoms with Crippen molar-refractivity contribution in [3.05, 3.63) is 124 Å². The summed E-state index contributed by atoms with van der Waals surface area (Å²) in [5, 5.41) is 0. The Morgan fingerprint density at radius 2 is 1.03 bits per heavy atom. The molecule has 15 nitrogen and oxygen atoms in total. The minimum atomic E-state index is -0.193. The molecule has 0 bridgehead atoms. The van der Waals surface area contributed by atoms with Gasteiger partial charge in [0.25, 0.3) is 11.8 Å². The Bertz CT molecular complexity index is 2560. The van der Waals surface area contributed by atoms with Crippen LogP contribution in [-0.2, 0) is 45.1 Å². The van der Waals surface area contributed by atoms with Crippen LogP contribution in [0.3, 0.4) is 0 Å². The van der Waals surface area contributed by atoms with Crippen LogP contribution in [0.25, 0.3) is 0 Å². The average Bonchev–Trinajstić information content (AvgIpc) is 3.83. The van der Waals surface area contributed by atoms with Crippen molar-refractivity contribution in [3.8, 4) is 28.7 Å². The molecule has 0 saturated heterocycles. The molecule has 0 N–H and O–H groups in total. The van der Waals surface area contributed by atoms with E-state index in [1.54, 1.807) is 48.3 Å². The standard InChI is InChI=1S/C52H52N4O11/c1-33(57)12-13-62-14-15-63-16-17-64-18-19-65-40-21-34(31-66-49-27-43-41(25-47(49)60-2)51(58)55-38(29-53-43)23-36-8-4-6-10-45(36)55)20-35(22-40)32-67-50-28-44-42(26-48(50)61-3)52(59)56-39(30-54-44)24-37-9-5-7-11-46(37)56/h4-11,20-22,25-30,38-39H,12-19,23-24,31-32H2,1-3H3/t38-,39-/m0/s1. The SMILES string of the molecule is COc1cc2c(cc1OCc1cc(COc3cc4c(cc3OC)C(=O)N3c5ccccc5C[C@H]3C=N4)cc(OCCOCCOCCOCCC(C)=O)c1)N=C[C@@H]1Cc3ccccc3N1C2=O. The highest BCUT2D eigenvalue weighted by atomic mass is 16.6. The van der Waals surface area contributed by atoms with Crippen molar-refractivity contribution in [2.24, 2.45) is 9.98 Å². The van der Waals surface area contributed by atoms with Gasteiger partial charge in [-0.3, -0.25) is 34.2 Å². The normalized spacial score (nSPS) is 16.3. The quantitative estimate of drug-likeness (QED) is 0.0661. The smallest absolute Gasteiger partial charge is 0.261 e. The number of ketones is 1. The van der Waals surface area contributed by atoms with Crippen LogP contribution in [0, 0.1) is 0 Å². The average molecular weight is 909 g/mol. The Labute approximate surface area is 388 Å². The van der Waals surface area contributed by atoms with E-state index in [2.05, 4.69) is 0 Å². The first-order valence-corrected chi connectivity index (χ1v) is 22.4. The first kappa shape index (κ1) is 45.1. The third-order valence-corrected chi connectivity index (χ3v) is 11.9. The van der Waals surface area contributed by atoms with Crippen LogP contribution in [0.2, 0.25) is 0 Å². The Morgan fingerprint density at radius 3 is 1.51 bits per heavy atom. The lowest BCUT2D eigenvalue weighted by atomic mass is 10.1. The summed E-state index contributed by atoms with van der Waals surface area (Å²) in [6.07, 6.45) is 5.42. The molecule has 15 heteroatoms. The minimum Gasteiger partial charge on any atom is -0.493 e. The molecular weight excluding hydrogens is 857 g/mol. The number of carbonyl (C=O) groups is 3. The third-order valence-electron chi connectivity index (χ3n) is 11.9. The van der Waals surface area contributed by atoms with E-state index in [-0.39, 0.29) is 49.5 Å². The van der Waals surface area contributed by atoms with Crippen LogP contribution < -0.4 is 33.5 Å². The molecule has 0 aliphatic carbocycles. The van der Waals surface area contributed by atoms with Crippen LogP contribution in [0.5, 0.6) is 28.7 Å². The van der Waals surface area contributed by atoms with Gasteiger partial charge in [0.2, 0.25) is 0 Å². The maximum atomic E-state index is 14.0. The molecule has 4 aliphatic heterocycles. The number of benzene rings is 5. The number of rotatable bonds is 21. The van der Waals surface area contributed by atoms with Gasteiger partial charge in [0.05, 0.1) is 88.4 Å². The Hall–Kier alpha value is -7.07. The molecule has 4 heterocycles. The lowest BCUT2D eigenvalue weighted by Crippen LogP contribution is -2.37. The first-order chi connectivity index (χ1) is 32.8. The summed E-state index contributed by atoms with van der Waals surface area (Å²) in [7, 11) is 3.08. The van der Waals surface area contributed by atoms with Crippen molar-refractivity contribution in [2.45, 2.75) is 51.5 Å². The number of para-hydroxylation sites is 2. The van der Waals surface area contributed by atoms with E-state index in [1.807, 2.05) is 79.2 Å². The number of hydrogen-bond donors (Lipinski definition) is 0. The molecule has 2 atom stereocenters. The first-order valence-electron chi connectivity index (χ1n) is 22.4. The molecule has 9 rings (SSSR count). The van der Waals surface area contributed by atoms with Crippen molar-refractivity contribution in [3.63, 3.8) is 0 Å². The van der Waals surface area contributed by atoms with Gasteiger partial charge in [-0.25, -0.2) is 0 Å². The number of nitrogens with zero attached hydrogens (tertiary/aromatic N) is 4. The summed E-state index contributed by atoms with van der Waals surface area (Å²) in [5.41, 5.74) is 7.36. The summed E-state index contributed by atoms with van der Waals surface area (Å²) < 4.78 is 47.3. The van der Waals surface area contributed by atoms with E-state index in [4.69, 9.17) is 47.9 Å². The Morgan fingerprint density at radius 1 is 0.567 bits per heavy atom. The molecule has 2 amide bonds. The third kappa shape index (κ3) is 10.0. The number of methoxy groups -OCH3 is 2. The number of fused-ring (bicyclic) bond motifs is 8. The van der Waals surface area contributed by atoms with E-state index in [9.17, 15) is 14.4 Å². The second kappa shape index (κ2) is 20.6. The number of Topliss-reactive ketones (excluding diaryl/α,β-unsaturated/α-hetero) is 1. The molecule has 4 aliphatic rings. The fraction of sp³-hybridized carbons (Fsp3) is 0.327. The van der Waals surface area contributed by atoms with Gasteiger partial charge in [0.15, 0.2) is 23.0 Å².